The fourth-order valence-electron chi connectivity index (χ4n) is 2.46. The smallest absolute Gasteiger partial charge is 0.257 e. The maximum atomic E-state index is 13.7. The molecule has 0 fully saturated rings. The lowest BCUT2D eigenvalue weighted by Gasteiger charge is -2.12. The topological polar surface area (TPSA) is 71.1 Å². The number of nitrogens with zero attached hydrogens (tertiary/aromatic N) is 1. The summed E-state index contributed by atoms with van der Waals surface area (Å²) < 4.78 is 40.0. The number of carbonyl (C=O) groups is 2. The molecule has 28 heavy (non-hydrogen) atoms. The summed E-state index contributed by atoms with van der Waals surface area (Å²) in [5, 5.41) is 5.13. The van der Waals surface area contributed by atoms with Crippen LogP contribution in [0.3, 0.4) is 0 Å². The summed E-state index contributed by atoms with van der Waals surface area (Å²) in [4.78, 5) is 28.3. The zero-order chi connectivity index (χ0) is 20.1. The number of anilines is 1. The second-order valence-electron chi connectivity index (χ2n) is 5.76. The Bertz CT molecular complexity index is 1030. The number of halogens is 3. The molecule has 1 heterocycles. The van der Waals surface area contributed by atoms with Crippen molar-refractivity contribution in [2.75, 3.05) is 5.32 Å². The molecule has 0 radical (unpaired) electrons. The van der Waals surface area contributed by atoms with Crippen molar-refractivity contribution in [2.45, 2.75) is 6.54 Å². The molecule has 2 amide bonds. The molecule has 5 nitrogen and oxygen atoms in total. The summed E-state index contributed by atoms with van der Waals surface area (Å²) in [6.45, 7) is -0.0687. The molecular formula is C20H14F3N3O2. The Hall–Kier alpha value is -3.68. The van der Waals surface area contributed by atoms with Crippen LogP contribution in [0, 0.1) is 17.5 Å². The van der Waals surface area contributed by atoms with Crippen LogP contribution in [-0.2, 0) is 6.54 Å². The van der Waals surface area contributed by atoms with Crippen LogP contribution in [0.25, 0.3) is 0 Å². The van der Waals surface area contributed by atoms with E-state index in [0.717, 1.165) is 6.07 Å². The molecule has 0 saturated carbocycles. The lowest BCUT2D eigenvalue weighted by molar-refractivity contribution is 0.0945. The van der Waals surface area contributed by atoms with Gasteiger partial charge in [-0.05, 0) is 35.9 Å². The van der Waals surface area contributed by atoms with Crippen LogP contribution in [0.15, 0.2) is 60.9 Å². The SMILES string of the molecule is O=C(Nc1ccccc1CNC(=O)c1ccc(F)c(F)c1F)c1cccnc1. The Morgan fingerprint density at radius 3 is 2.43 bits per heavy atom. The van der Waals surface area contributed by atoms with E-state index in [-0.39, 0.29) is 6.54 Å². The van der Waals surface area contributed by atoms with E-state index in [9.17, 15) is 22.8 Å². The highest BCUT2D eigenvalue weighted by molar-refractivity contribution is 6.04. The first-order valence-corrected chi connectivity index (χ1v) is 8.18. The van der Waals surface area contributed by atoms with Gasteiger partial charge < -0.3 is 10.6 Å². The van der Waals surface area contributed by atoms with Crippen molar-refractivity contribution in [3.8, 4) is 0 Å². The first kappa shape index (κ1) is 19.1. The normalized spacial score (nSPS) is 10.4. The molecule has 2 N–H and O–H groups in total. The molecule has 8 heteroatoms. The second kappa shape index (κ2) is 8.34. The molecule has 3 rings (SSSR count). The van der Waals surface area contributed by atoms with Crippen molar-refractivity contribution in [1.82, 2.24) is 10.3 Å². The lowest BCUT2D eigenvalue weighted by Crippen LogP contribution is -2.25. The number of para-hydroxylation sites is 1. The van der Waals surface area contributed by atoms with Crippen molar-refractivity contribution < 1.29 is 22.8 Å². The molecule has 0 spiro atoms. The third-order valence-corrected chi connectivity index (χ3v) is 3.91. The van der Waals surface area contributed by atoms with Gasteiger partial charge in [-0.2, -0.15) is 0 Å². The summed E-state index contributed by atoms with van der Waals surface area (Å²) in [6, 6.07) is 11.4. The largest absolute Gasteiger partial charge is 0.348 e. The zero-order valence-electron chi connectivity index (χ0n) is 14.4. The summed E-state index contributed by atoms with van der Waals surface area (Å²) >= 11 is 0. The first-order valence-electron chi connectivity index (χ1n) is 8.18. The predicted octanol–water partition coefficient (Wildman–Crippen LogP) is 3.68. The van der Waals surface area contributed by atoms with Crippen LogP contribution in [-0.4, -0.2) is 16.8 Å². The van der Waals surface area contributed by atoms with Gasteiger partial charge in [-0.15, -0.1) is 0 Å². The highest BCUT2D eigenvalue weighted by Crippen LogP contribution is 2.18. The molecule has 0 unspecified atom stereocenters. The van der Waals surface area contributed by atoms with Gasteiger partial charge in [-0.1, -0.05) is 18.2 Å². The van der Waals surface area contributed by atoms with E-state index in [4.69, 9.17) is 0 Å². The number of amides is 2. The average Bonchev–Trinajstić information content (AvgIpc) is 2.72. The van der Waals surface area contributed by atoms with Crippen LogP contribution in [0.4, 0.5) is 18.9 Å². The Labute approximate surface area is 158 Å². The van der Waals surface area contributed by atoms with Crippen molar-refractivity contribution in [3.63, 3.8) is 0 Å². The first-order chi connectivity index (χ1) is 13.5. The number of carbonyl (C=O) groups excluding carboxylic acids is 2. The van der Waals surface area contributed by atoms with Gasteiger partial charge in [0.1, 0.15) is 0 Å². The van der Waals surface area contributed by atoms with Gasteiger partial charge in [0.05, 0.1) is 11.1 Å². The second-order valence-corrected chi connectivity index (χ2v) is 5.76. The molecule has 1 aromatic heterocycles. The van der Waals surface area contributed by atoms with Crippen molar-refractivity contribution in [3.05, 3.63) is 95.1 Å². The van der Waals surface area contributed by atoms with Crippen molar-refractivity contribution in [2.24, 2.45) is 0 Å². The van der Waals surface area contributed by atoms with Crippen LogP contribution in [0.2, 0.25) is 0 Å². The molecule has 0 aliphatic carbocycles. The van der Waals surface area contributed by atoms with E-state index in [1.807, 2.05) is 0 Å². The minimum absolute atomic E-state index is 0.0687. The maximum Gasteiger partial charge on any atom is 0.257 e. The molecule has 3 aromatic rings. The summed E-state index contributed by atoms with van der Waals surface area (Å²) in [5.74, 6) is -5.95. The Morgan fingerprint density at radius 2 is 1.68 bits per heavy atom. The Morgan fingerprint density at radius 1 is 0.893 bits per heavy atom. The van der Waals surface area contributed by atoms with Gasteiger partial charge in [-0.25, -0.2) is 13.2 Å². The van der Waals surface area contributed by atoms with Crippen molar-refractivity contribution in [1.29, 1.82) is 0 Å². The average molecular weight is 385 g/mol. The van der Waals surface area contributed by atoms with E-state index in [1.165, 1.54) is 12.4 Å². The fourth-order valence-corrected chi connectivity index (χ4v) is 2.46. The third-order valence-electron chi connectivity index (χ3n) is 3.91. The number of benzene rings is 2. The minimum atomic E-state index is -1.71. The molecule has 0 aliphatic rings. The number of rotatable bonds is 5. The molecule has 142 valence electrons. The Kier molecular flexibility index (Phi) is 5.69. The fraction of sp³-hybridized carbons (Fsp3) is 0.0500. The maximum absolute atomic E-state index is 13.7. The van der Waals surface area contributed by atoms with E-state index in [2.05, 4.69) is 15.6 Å². The van der Waals surface area contributed by atoms with Crippen molar-refractivity contribution >= 4 is 17.5 Å². The lowest BCUT2D eigenvalue weighted by atomic mass is 10.1. The highest BCUT2D eigenvalue weighted by atomic mass is 19.2. The van der Waals surface area contributed by atoms with Gasteiger partial charge >= 0.3 is 0 Å². The summed E-state index contributed by atoms with van der Waals surface area (Å²) in [7, 11) is 0. The molecule has 0 aliphatic heterocycles. The number of hydrogen-bond acceptors (Lipinski definition) is 3. The Balaban J connectivity index is 1.73. The quantitative estimate of drug-likeness (QED) is 0.658. The molecule has 0 saturated heterocycles. The van der Waals surface area contributed by atoms with E-state index in [1.54, 1.807) is 36.4 Å². The molecular weight excluding hydrogens is 371 g/mol. The molecule has 0 atom stereocenters. The molecule has 0 bridgehead atoms. The number of hydrogen-bond donors (Lipinski definition) is 2. The van der Waals surface area contributed by atoms with E-state index in [0.29, 0.717) is 22.9 Å². The van der Waals surface area contributed by atoms with Crippen LogP contribution in [0.1, 0.15) is 26.3 Å². The summed E-state index contributed by atoms with van der Waals surface area (Å²) in [5.41, 5.74) is 0.708. The number of pyridine rings is 1. The van der Waals surface area contributed by atoms with Gasteiger partial charge in [0.15, 0.2) is 17.5 Å². The number of nitrogens with one attached hydrogen (secondary N) is 2. The summed E-state index contributed by atoms with van der Waals surface area (Å²) in [6.07, 6.45) is 2.95. The van der Waals surface area contributed by atoms with Crippen LogP contribution in [0.5, 0.6) is 0 Å². The monoisotopic (exact) mass is 385 g/mol. The van der Waals surface area contributed by atoms with Crippen LogP contribution < -0.4 is 10.6 Å². The molecule has 2 aromatic carbocycles. The van der Waals surface area contributed by atoms with Gasteiger partial charge in [0.2, 0.25) is 0 Å². The number of aromatic nitrogens is 1. The van der Waals surface area contributed by atoms with E-state index >= 15 is 0 Å². The van der Waals surface area contributed by atoms with Crippen LogP contribution >= 0.6 is 0 Å². The van der Waals surface area contributed by atoms with Gasteiger partial charge in [-0.3, -0.25) is 14.6 Å². The zero-order valence-corrected chi connectivity index (χ0v) is 14.4. The van der Waals surface area contributed by atoms with E-state index < -0.39 is 34.8 Å². The standard InChI is InChI=1S/C20H14F3N3O2/c21-15-8-7-14(17(22)18(15)23)20(28)25-11-12-4-1-2-6-16(12)26-19(27)13-5-3-9-24-10-13/h1-10H,11H2,(H,25,28)(H,26,27). The minimum Gasteiger partial charge on any atom is -0.348 e. The third kappa shape index (κ3) is 4.17. The predicted molar refractivity (Wildman–Crippen MR) is 96.1 cm³/mol. The highest BCUT2D eigenvalue weighted by Gasteiger charge is 2.19. The van der Waals surface area contributed by atoms with Gasteiger partial charge in [0, 0.05) is 24.6 Å². The van der Waals surface area contributed by atoms with Gasteiger partial charge in [0.25, 0.3) is 11.8 Å².